The maximum absolute atomic E-state index is 12.4. The van der Waals surface area contributed by atoms with Crippen LogP contribution in [0.2, 0.25) is 0 Å². The second kappa shape index (κ2) is 7.77. The maximum Gasteiger partial charge on any atom is 0.276 e. The van der Waals surface area contributed by atoms with Crippen molar-refractivity contribution in [1.82, 2.24) is 10.1 Å². The van der Waals surface area contributed by atoms with Crippen molar-refractivity contribution in [2.24, 2.45) is 0 Å². The molecular formula is C18H21N5O3S. The third kappa shape index (κ3) is 4.83. The number of anilines is 4. The van der Waals surface area contributed by atoms with Crippen molar-refractivity contribution >= 4 is 39.6 Å². The SMILES string of the molecule is CONc1ccc(Nc2nc(C(=O)Nc3cc(C(C)(C)C)on3)cs2)cc1. The Hall–Kier alpha value is -2.91. The van der Waals surface area contributed by atoms with Gasteiger partial charge in [0, 0.05) is 22.5 Å². The fourth-order valence-electron chi connectivity index (χ4n) is 2.17. The van der Waals surface area contributed by atoms with Gasteiger partial charge in [0.2, 0.25) is 0 Å². The summed E-state index contributed by atoms with van der Waals surface area (Å²) in [7, 11) is 1.55. The minimum atomic E-state index is -0.340. The number of benzene rings is 1. The molecule has 1 amide bonds. The maximum atomic E-state index is 12.4. The second-order valence-electron chi connectivity index (χ2n) is 6.83. The van der Waals surface area contributed by atoms with Crippen molar-refractivity contribution in [2.45, 2.75) is 26.2 Å². The van der Waals surface area contributed by atoms with E-state index in [9.17, 15) is 4.79 Å². The molecule has 0 spiro atoms. The van der Waals surface area contributed by atoms with E-state index >= 15 is 0 Å². The molecule has 0 aliphatic heterocycles. The van der Waals surface area contributed by atoms with Crippen molar-refractivity contribution in [3.63, 3.8) is 0 Å². The highest BCUT2D eigenvalue weighted by Crippen LogP contribution is 2.25. The van der Waals surface area contributed by atoms with Crippen LogP contribution in [0.3, 0.4) is 0 Å². The van der Waals surface area contributed by atoms with E-state index in [1.165, 1.54) is 11.3 Å². The van der Waals surface area contributed by atoms with Crippen LogP contribution in [0.5, 0.6) is 0 Å². The number of nitrogens with one attached hydrogen (secondary N) is 3. The van der Waals surface area contributed by atoms with Gasteiger partial charge >= 0.3 is 0 Å². The van der Waals surface area contributed by atoms with E-state index in [1.807, 2.05) is 45.0 Å². The van der Waals surface area contributed by atoms with E-state index < -0.39 is 0 Å². The second-order valence-corrected chi connectivity index (χ2v) is 7.69. The van der Waals surface area contributed by atoms with Crippen molar-refractivity contribution in [2.75, 3.05) is 23.2 Å². The number of nitrogens with zero attached hydrogens (tertiary/aromatic N) is 2. The van der Waals surface area contributed by atoms with Crippen LogP contribution in [-0.4, -0.2) is 23.2 Å². The summed E-state index contributed by atoms with van der Waals surface area (Å²) < 4.78 is 5.27. The van der Waals surface area contributed by atoms with Gasteiger partial charge in [-0.25, -0.2) is 4.98 Å². The highest BCUT2D eigenvalue weighted by molar-refractivity contribution is 7.14. The van der Waals surface area contributed by atoms with Crippen LogP contribution < -0.4 is 16.1 Å². The first kappa shape index (κ1) is 18.9. The smallest absolute Gasteiger partial charge is 0.276 e. The van der Waals surface area contributed by atoms with E-state index in [0.29, 0.717) is 22.4 Å². The molecule has 8 nitrogen and oxygen atoms in total. The molecular weight excluding hydrogens is 366 g/mol. The lowest BCUT2D eigenvalue weighted by Crippen LogP contribution is -2.13. The summed E-state index contributed by atoms with van der Waals surface area (Å²) in [6.07, 6.45) is 0. The Balaban J connectivity index is 1.62. The summed E-state index contributed by atoms with van der Waals surface area (Å²) in [5, 5.41) is 12.0. The highest BCUT2D eigenvalue weighted by atomic mass is 32.1. The summed E-state index contributed by atoms with van der Waals surface area (Å²) in [6, 6.07) is 9.21. The first-order valence-corrected chi connectivity index (χ1v) is 9.13. The minimum absolute atomic E-state index is 0.179. The van der Waals surface area contributed by atoms with Crippen LogP contribution in [-0.2, 0) is 10.3 Å². The Morgan fingerprint density at radius 1 is 1.19 bits per heavy atom. The molecule has 0 aliphatic rings. The van der Waals surface area contributed by atoms with Gasteiger partial charge in [-0.05, 0) is 24.3 Å². The molecule has 27 heavy (non-hydrogen) atoms. The Morgan fingerprint density at radius 3 is 2.52 bits per heavy atom. The van der Waals surface area contributed by atoms with E-state index in [0.717, 1.165) is 11.4 Å². The van der Waals surface area contributed by atoms with Crippen LogP contribution in [0, 0.1) is 0 Å². The number of hydrogen-bond donors (Lipinski definition) is 3. The third-order valence-electron chi connectivity index (χ3n) is 3.58. The van der Waals surface area contributed by atoms with Gasteiger partial charge in [0.1, 0.15) is 11.5 Å². The lowest BCUT2D eigenvalue weighted by molar-refractivity contribution is 0.102. The van der Waals surface area contributed by atoms with E-state index in [4.69, 9.17) is 9.36 Å². The zero-order valence-electron chi connectivity index (χ0n) is 15.5. The quantitative estimate of drug-likeness (QED) is 0.539. The van der Waals surface area contributed by atoms with Crippen LogP contribution in [0.25, 0.3) is 0 Å². The molecule has 2 heterocycles. The predicted octanol–water partition coefficient (Wildman–Crippen LogP) is 4.40. The molecule has 2 aromatic heterocycles. The van der Waals surface area contributed by atoms with Crippen LogP contribution in [0.1, 0.15) is 37.0 Å². The third-order valence-corrected chi connectivity index (χ3v) is 4.34. The van der Waals surface area contributed by atoms with Crippen LogP contribution >= 0.6 is 11.3 Å². The largest absolute Gasteiger partial charge is 0.359 e. The predicted molar refractivity (Wildman–Crippen MR) is 106 cm³/mol. The molecule has 3 aromatic rings. The lowest BCUT2D eigenvalue weighted by atomic mass is 9.93. The molecule has 0 saturated carbocycles. The summed E-state index contributed by atoms with van der Waals surface area (Å²) in [5.41, 5.74) is 4.56. The highest BCUT2D eigenvalue weighted by Gasteiger charge is 2.21. The molecule has 142 valence electrons. The average molecular weight is 387 g/mol. The Kier molecular flexibility index (Phi) is 5.43. The number of rotatable bonds is 6. The monoisotopic (exact) mass is 387 g/mol. The number of amides is 1. The van der Waals surface area contributed by atoms with Crippen molar-refractivity contribution < 1.29 is 14.2 Å². The van der Waals surface area contributed by atoms with Gasteiger partial charge in [0.05, 0.1) is 12.8 Å². The van der Waals surface area contributed by atoms with Crippen molar-refractivity contribution in [3.8, 4) is 0 Å². The van der Waals surface area contributed by atoms with Gasteiger partial charge in [-0.3, -0.25) is 15.1 Å². The van der Waals surface area contributed by atoms with Crippen LogP contribution in [0.4, 0.5) is 22.3 Å². The van der Waals surface area contributed by atoms with Gasteiger partial charge in [-0.1, -0.05) is 25.9 Å². The first-order valence-electron chi connectivity index (χ1n) is 8.25. The van der Waals surface area contributed by atoms with Gasteiger partial charge in [0.15, 0.2) is 10.9 Å². The first-order chi connectivity index (χ1) is 12.8. The topological polar surface area (TPSA) is 101 Å². The number of thiazole rings is 1. The Labute approximate surface area is 160 Å². The molecule has 0 bridgehead atoms. The van der Waals surface area contributed by atoms with Crippen LogP contribution in [0.15, 0.2) is 40.2 Å². The van der Waals surface area contributed by atoms with E-state index in [2.05, 4.69) is 26.3 Å². The normalized spacial score (nSPS) is 11.3. The zero-order valence-corrected chi connectivity index (χ0v) is 16.3. The number of aromatic nitrogens is 2. The zero-order chi connectivity index (χ0) is 19.4. The molecule has 3 N–H and O–H groups in total. The fraction of sp³-hybridized carbons (Fsp3) is 0.278. The van der Waals surface area contributed by atoms with Gasteiger partial charge < -0.3 is 15.2 Å². The average Bonchev–Trinajstić information content (AvgIpc) is 3.26. The molecule has 0 unspecified atom stereocenters. The van der Waals surface area contributed by atoms with Gasteiger partial charge in [-0.2, -0.15) is 0 Å². The lowest BCUT2D eigenvalue weighted by Gasteiger charge is -2.11. The molecule has 0 radical (unpaired) electrons. The summed E-state index contributed by atoms with van der Waals surface area (Å²) in [5.74, 6) is 0.728. The Bertz CT molecular complexity index is 912. The fourth-order valence-corrected chi connectivity index (χ4v) is 2.88. The summed E-state index contributed by atoms with van der Waals surface area (Å²) >= 11 is 1.34. The summed E-state index contributed by atoms with van der Waals surface area (Å²) in [4.78, 5) is 21.5. The van der Waals surface area contributed by atoms with Crippen molar-refractivity contribution in [1.29, 1.82) is 0 Å². The molecule has 1 aromatic carbocycles. The molecule has 0 saturated heterocycles. The number of hydrogen-bond acceptors (Lipinski definition) is 8. The molecule has 0 fully saturated rings. The van der Waals surface area contributed by atoms with Gasteiger partial charge in [0.25, 0.3) is 5.91 Å². The molecule has 3 rings (SSSR count). The molecule has 0 atom stereocenters. The minimum Gasteiger partial charge on any atom is -0.359 e. The molecule has 9 heteroatoms. The molecule has 0 aliphatic carbocycles. The standard InChI is InChI=1S/C18H21N5O3S/c1-18(2,3)14-9-15(23-26-14)21-16(24)13-10-27-17(20-13)19-11-5-7-12(8-6-11)22-25-4/h5-10,22H,1-4H3,(H,19,20)(H,21,23,24). The van der Waals surface area contributed by atoms with Gasteiger partial charge in [-0.15, -0.1) is 11.3 Å². The van der Waals surface area contributed by atoms with E-state index in [-0.39, 0.29) is 11.3 Å². The van der Waals surface area contributed by atoms with E-state index in [1.54, 1.807) is 18.6 Å². The Morgan fingerprint density at radius 2 is 1.89 bits per heavy atom. The van der Waals surface area contributed by atoms with Crippen molar-refractivity contribution in [3.05, 3.63) is 47.2 Å². The number of carbonyl (C=O) groups is 1. The number of carbonyl (C=O) groups excluding carboxylic acids is 1. The summed E-state index contributed by atoms with van der Waals surface area (Å²) in [6.45, 7) is 6.03.